The van der Waals surface area contributed by atoms with E-state index in [1.54, 1.807) is 5.57 Å². The molecule has 0 aromatic carbocycles. The zero-order valence-corrected chi connectivity index (χ0v) is 13.5. The second-order valence-corrected chi connectivity index (χ2v) is 6.47. The Balaban J connectivity index is 2.30. The van der Waals surface area contributed by atoms with Gasteiger partial charge in [0.05, 0.1) is 0 Å². The summed E-state index contributed by atoms with van der Waals surface area (Å²) in [4.78, 5) is 0. The van der Waals surface area contributed by atoms with Crippen LogP contribution in [0.1, 0.15) is 103 Å². The lowest BCUT2D eigenvalue weighted by Gasteiger charge is -2.08. The van der Waals surface area contributed by atoms with Gasteiger partial charge in [-0.1, -0.05) is 75.9 Å². The molecule has 1 heteroatoms. The predicted octanol–water partition coefficient (Wildman–Crippen LogP) is 6.16. The molecule has 0 atom stereocenters. The Hall–Kier alpha value is -0.300. The lowest BCUT2D eigenvalue weighted by Crippen LogP contribution is -1.89. The van der Waals surface area contributed by atoms with E-state index in [4.69, 9.17) is 5.11 Å². The van der Waals surface area contributed by atoms with Crippen LogP contribution in [-0.2, 0) is 0 Å². The monoisotopic (exact) mass is 280 g/mol. The van der Waals surface area contributed by atoms with Gasteiger partial charge in [0.25, 0.3) is 0 Å². The number of hydrogen-bond acceptors (Lipinski definition) is 1. The minimum absolute atomic E-state index is 0.337. The molecule has 1 aliphatic carbocycles. The molecule has 0 heterocycles. The predicted molar refractivity (Wildman–Crippen MR) is 89.0 cm³/mol. The fourth-order valence-electron chi connectivity index (χ4n) is 3.20. The molecule has 20 heavy (non-hydrogen) atoms. The van der Waals surface area contributed by atoms with Crippen molar-refractivity contribution < 1.29 is 5.11 Å². The molecular formula is C19H36O. The van der Waals surface area contributed by atoms with Crippen LogP contribution >= 0.6 is 0 Å². The van der Waals surface area contributed by atoms with Crippen molar-refractivity contribution in [3.05, 3.63) is 11.6 Å². The van der Waals surface area contributed by atoms with Gasteiger partial charge in [0.1, 0.15) is 0 Å². The fourth-order valence-corrected chi connectivity index (χ4v) is 3.20. The molecule has 0 spiro atoms. The van der Waals surface area contributed by atoms with Gasteiger partial charge < -0.3 is 5.11 Å². The van der Waals surface area contributed by atoms with Gasteiger partial charge in [-0.05, 0) is 38.5 Å². The van der Waals surface area contributed by atoms with Gasteiger partial charge >= 0.3 is 0 Å². The number of allylic oxidation sites excluding steroid dienone is 2. The van der Waals surface area contributed by atoms with Crippen molar-refractivity contribution in [1.82, 2.24) is 0 Å². The summed E-state index contributed by atoms with van der Waals surface area (Å²) in [6.45, 7) is 0.337. The molecule has 0 radical (unpaired) electrons. The van der Waals surface area contributed by atoms with Crippen LogP contribution in [0.4, 0.5) is 0 Å². The molecule has 0 aliphatic heterocycles. The maximum atomic E-state index is 8.90. The van der Waals surface area contributed by atoms with Crippen molar-refractivity contribution in [1.29, 1.82) is 0 Å². The van der Waals surface area contributed by atoms with Crippen molar-refractivity contribution in [3.8, 4) is 0 Å². The summed E-state index contributed by atoms with van der Waals surface area (Å²) in [5.41, 5.74) is 1.67. The summed E-state index contributed by atoms with van der Waals surface area (Å²) in [7, 11) is 0. The van der Waals surface area contributed by atoms with Crippen molar-refractivity contribution >= 4 is 0 Å². The molecule has 0 aromatic heterocycles. The van der Waals surface area contributed by atoms with E-state index in [2.05, 4.69) is 6.08 Å². The minimum atomic E-state index is 0.337. The molecule has 1 N–H and O–H groups in total. The summed E-state index contributed by atoms with van der Waals surface area (Å²) >= 11 is 0. The molecule has 0 bridgehead atoms. The van der Waals surface area contributed by atoms with Gasteiger partial charge in [0, 0.05) is 6.61 Å². The number of rotatable bonds is 3. The van der Waals surface area contributed by atoms with Crippen LogP contribution in [0, 0.1) is 0 Å². The van der Waals surface area contributed by atoms with Crippen LogP contribution in [0.2, 0.25) is 0 Å². The van der Waals surface area contributed by atoms with Crippen LogP contribution in [0.15, 0.2) is 11.6 Å². The second kappa shape index (κ2) is 13.7. The maximum absolute atomic E-state index is 8.90. The summed E-state index contributed by atoms with van der Waals surface area (Å²) in [6, 6.07) is 0. The lowest BCUT2D eigenvalue weighted by atomic mass is 9.99. The summed E-state index contributed by atoms with van der Waals surface area (Å²) in [5.74, 6) is 0. The average molecular weight is 280 g/mol. The Kier molecular flexibility index (Phi) is 12.1. The average Bonchev–Trinajstić information content (AvgIpc) is 2.47. The molecule has 1 saturated carbocycles. The van der Waals surface area contributed by atoms with E-state index in [1.165, 1.54) is 89.9 Å². The molecule has 1 nitrogen and oxygen atoms in total. The van der Waals surface area contributed by atoms with Gasteiger partial charge in [0.2, 0.25) is 0 Å². The maximum Gasteiger partial charge on any atom is 0.0433 e. The molecule has 0 aromatic rings. The molecule has 0 saturated heterocycles. The Morgan fingerprint density at radius 1 is 0.650 bits per heavy atom. The van der Waals surface area contributed by atoms with Crippen LogP contribution in [-0.4, -0.2) is 11.7 Å². The molecule has 118 valence electrons. The SMILES string of the molecule is OCCCC=C1CCCCCCCCCCCCCC1. The van der Waals surface area contributed by atoms with E-state index in [1.807, 2.05) is 0 Å². The first-order valence-corrected chi connectivity index (χ1v) is 9.22. The Bertz CT molecular complexity index is 214. The first kappa shape index (κ1) is 17.8. The van der Waals surface area contributed by atoms with E-state index in [0.29, 0.717) is 6.61 Å². The summed E-state index contributed by atoms with van der Waals surface area (Å²) < 4.78 is 0. The van der Waals surface area contributed by atoms with Crippen LogP contribution in [0.5, 0.6) is 0 Å². The number of aliphatic hydroxyl groups excluding tert-OH is 1. The zero-order valence-electron chi connectivity index (χ0n) is 13.5. The van der Waals surface area contributed by atoms with Gasteiger partial charge in [-0.2, -0.15) is 0 Å². The van der Waals surface area contributed by atoms with E-state index >= 15 is 0 Å². The molecule has 1 aliphatic rings. The Morgan fingerprint density at radius 2 is 1.05 bits per heavy atom. The van der Waals surface area contributed by atoms with E-state index < -0.39 is 0 Å². The third-order valence-electron chi connectivity index (χ3n) is 4.54. The van der Waals surface area contributed by atoms with Crippen LogP contribution in [0.25, 0.3) is 0 Å². The topological polar surface area (TPSA) is 20.2 Å². The molecule has 0 amide bonds. The highest BCUT2D eigenvalue weighted by Crippen LogP contribution is 2.20. The number of aliphatic hydroxyl groups is 1. The standard InChI is InChI=1S/C19H36O/c20-18-14-13-17-19-15-11-9-7-5-3-1-2-4-6-8-10-12-16-19/h17,20H,1-16,18H2. The van der Waals surface area contributed by atoms with Crippen LogP contribution in [0.3, 0.4) is 0 Å². The smallest absolute Gasteiger partial charge is 0.0433 e. The minimum Gasteiger partial charge on any atom is -0.396 e. The quantitative estimate of drug-likeness (QED) is 0.485. The van der Waals surface area contributed by atoms with Crippen LogP contribution < -0.4 is 0 Å². The molecule has 0 unspecified atom stereocenters. The third kappa shape index (κ3) is 10.5. The Morgan fingerprint density at radius 3 is 1.45 bits per heavy atom. The highest BCUT2D eigenvalue weighted by Gasteiger charge is 2.01. The van der Waals surface area contributed by atoms with Crippen molar-refractivity contribution in [2.75, 3.05) is 6.61 Å². The zero-order chi connectivity index (χ0) is 14.3. The highest BCUT2D eigenvalue weighted by molar-refractivity contribution is 5.01. The summed E-state index contributed by atoms with van der Waals surface area (Å²) in [5, 5.41) is 8.90. The van der Waals surface area contributed by atoms with Gasteiger partial charge in [-0.25, -0.2) is 0 Å². The lowest BCUT2D eigenvalue weighted by molar-refractivity contribution is 0.289. The van der Waals surface area contributed by atoms with Gasteiger partial charge in [0.15, 0.2) is 0 Å². The first-order chi connectivity index (χ1) is 9.93. The normalized spacial score (nSPS) is 20.9. The number of hydrogen-bond donors (Lipinski definition) is 1. The molecule has 1 rings (SSSR count). The summed E-state index contributed by atoms with van der Waals surface area (Å²) in [6.07, 6.45) is 24.3. The van der Waals surface area contributed by atoms with E-state index in [0.717, 1.165) is 12.8 Å². The fraction of sp³-hybridized carbons (Fsp3) is 0.895. The third-order valence-corrected chi connectivity index (χ3v) is 4.54. The van der Waals surface area contributed by atoms with Gasteiger partial charge in [-0.3, -0.25) is 0 Å². The Labute approximate surface area is 126 Å². The van der Waals surface area contributed by atoms with Gasteiger partial charge in [-0.15, -0.1) is 0 Å². The van der Waals surface area contributed by atoms with E-state index in [-0.39, 0.29) is 0 Å². The first-order valence-electron chi connectivity index (χ1n) is 9.22. The van der Waals surface area contributed by atoms with Crippen molar-refractivity contribution in [2.45, 2.75) is 103 Å². The largest absolute Gasteiger partial charge is 0.396 e. The second-order valence-electron chi connectivity index (χ2n) is 6.47. The molecule has 1 fully saturated rings. The molecular weight excluding hydrogens is 244 g/mol. The van der Waals surface area contributed by atoms with E-state index in [9.17, 15) is 0 Å². The number of unbranched alkanes of at least 4 members (excludes halogenated alkanes) is 1. The highest BCUT2D eigenvalue weighted by atomic mass is 16.2. The van der Waals surface area contributed by atoms with Crippen molar-refractivity contribution in [3.63, 3.8) is 0 Å². The van der Waals surface area contributed by atoms with Crippen molar-refractivity contribution in [2.24, 2.45) is 0 Å².